The van der Waals surface area contributed by atoms with Gasteiger partial charge in [0.25, 0.3) is 0 Å². The fraction of sp³-hybridized carbons (Fsp3) is 0.333. The van der Waals surface area contributed by atoms with E-state index < -0.39 is 0 Å². The highest BCUT2D eigenvalue weighted by Gasteiger charge is 2.16. The fourth-order valence-electron chi connectivity index (χ4n) is 2.92. The average molecular weight is 368 g/mol. The van der Waals surface area contributed by atoms with Crippen molar-refractivity contribution in [2.45, 2.75) is 33.1 Å². The molecule has 0 aromatic heterocycles. The van der Waals surface area contributed by atoms with Crippen LogP contribution in [0.5, 0.6) is 11.5 Å². The maximum absolute atomic E-state index is 12.3. The zero-order valence-electron chi connectivity index (χ0n) is 15.8. The number of rotatable bonds is 6. The van der Waals surface area contributed by atoms with Gasteiger partial charge in [-0.05, 0) is 35.7 Å². The second-order valence-corrected chi connectivity index (χ2v) is 6.78. The first-order chi connectivity index (χ1) is 12.9. The van der Waals surface area contributed by atoms with Gasteiger partial charge in [0.1, 0.15) is 0 Å². The van der Waals surface area contributed by atoms with Crippen LogP contribution in [-0.2, 0) is 9.59 Å². The fourth-order valence-corrected chi connectivity index (χ4v) is 2.92. The lowest BCUT2D eigenvalue weighted by atomic mass is 10.0. The first-order valence-electron chi connectivity index (χ1n) is 9.01. The highest BCUT2D eigenvalue weighted by molar-refractivity contribution is 5.95. The molecule has 0 saturated heterocycles. The summed E-state index contributed by atoms with van der Waals surface area (Å²) >= 11 is 0. The molecule has 3 rings (SSSR count). The van der Waals surface area contributed by atoms with Crippen molar-refractivity contribution in [2.24, 2.45) is 0 Å². The second kappa shape index (κ2) is 8.12. The maximum atomic E-state index is 12.3. The van der Waals surface area contributed by atoms with Crippen molar-refractivity contribution < 1.29 is 19.1 Å². The molecule has 27 heavy (non-hydrogen) atoms. The van der Waals surface area contributed by atoms with Gasteiger partial charge >= 0.3 is 0 Å². The number of hydrogen-bond acceptors (Lipinski definition) is 4. The lowest BCUT2D eigenvalue weighted by molar-refractivity contribution is -0.117. The summed E-state index contributed by atoms with van der Waals surface area (Å²) < 4.78 is 10.6. The van der Waals surface area contributed by atoms with Gasteiger partial charge in [0.15, 0.2) is 11.5 Å². The molecule has 0 unspecified atom stereocenters. The summed E-state index contributed by atoms with van der Waals surface area (Å²) in [5.74, 6) is 1.45. The van der Waals surface area contributed by atoms with Crippen molar-refractivity contribution in [3.8, 4) is 11.5 Å². The summed E-state index contributed by atoms with van der Waals surface area (Å²) in [6.45, 7) is 6.26. The van der Waals surface area contributed by atoms with Gasteiger partial charge < -0.3 is 19.7 Å². The molecule has 1 aliphatic heterocycles. The van der Waals surface area contributed by atoms with Crippen LogP contribution in [0.4, 0.5) is 11.4 Å². The van der Waals surface area contributed by atoms with E-state index in [2.05, 4.69) is 19.2 Å². The zero-order valence-corrected chi connectivity index (χ0v) is 15.8. The van der Waals surface area contributed by atoms with E-state index in [1.54, 1.807) is 23.1 Å². The number of benzene rings is 2. The Hall–Kier alpha value is -3.02. The minimum absolute atomic E-state index is 0.0943. The van der Waals surface area contributed by atoms with E-state index >= 15 is 0 Å². The SMILES string of the molecule is CC(=O)N(CCC(=O)Nc1ccc2c(c1)OCO2)c1ccc(C(C)C)cc1. The Morgan fingerprint density at radius 1 is 1.07 bits per heavy atom. The van der Waals surface area contributed by atoms with Gasteiger partial charge in [0.2, 0.25) is 18.6 Å². The highest BCUT2D eigenvalue weighted by atomic mass is 16.7. The molecule has 0 bridgehead atoms. The maximum Gasteiger partial charge on any atom is 0.231 e. The Balaban J connectivity index is 1.60. The smallest absolute Gasteiger partial charge is 0.231 e. The van der Waals surface area contributed by atoms with Crippen molar-refractivity contribution in [1.29, 1.82) is 0 Å². The van der Waals surface area contributed by atoms with Crippen LogP contribution in [0.2, 0.25) is 0 Å². The first kappa shape index (κ1) is 18.8. The molecule has 142 valence electrons. The molecule has 6 heteroatoms. The summed E-state index contributed by atoms with van der Waals surface area (Å²) in [6.07, 6.45) is 0.194. The van der Waals surface area contributed by atoms with Crippen LogP contribution < -0.4 is 19.7 Å². The third kappa shape index (κ3) is 4.58. The van der Waals surface area contributed by atoms with Gasteiger partial charge in [-0.2, -0.15) is 0 Å². The monoisotopic (exact) mass is 368 g/mol. The number of nitrogens with zero attached hydrogens (tertiary/aromatic N) is 1. The molecule has 1 N–H and O–H groups in total. The van der Waals surface area contributed by atoms with Crippen molar-refractivity contribution in [3.05, 3.63) is 48.0 Å². The van der Waals surface area contributed by atoms with E-state index in [0.717, 1.165) is 5.69 Å². The molecule has 1 heterocycles. The molecule has 1 aliphatic rings. The minimum Gasteiger partial charge on any atom is -0.454 e. The lowest BCUT2D eigenvalue weighted by Gasteiger charge is -2.21. The number of anilines is 2. The van der Waals surface area contributed by atoms with Gasteiger partial charge in [0, 0.05) is 37.3 Å². The molecule has 0 saturated carbocycles. The molecule has 2 aromatic rings. The molecule has 0 spiro atoms. The topological polar surface area (TPSA) is 67.9 Å². The van der Waals surface area contributed by atoms with Gasteiger partial charge in [0.05, 0.1) is 0 Å². The van der Waals surface area contributed by atoms with Gasteiger partial charge in [-0.3, -0.25) is 9.59 Å². The molecule has 2 aromatic carbocycles. The van der Waals surface area contributed by atoms with Crippen LogP contribution in [0.1, 0.15) is 38.7 Å². The average Bonchev–Trinajstić information content (AvgIpc) is 3.09. The number of hydrogen-bond donors (Lipinski definition) is 1. The van der Waals surface area contributed by atoms with Crippen LogP contribution in [0, 0.1) is 0 Å². The number of amides is 2. The summed E-state index contributed by atoms with van der Waals surface area (Å²) in [4.78, 5) is 25.9. The number of nitrogens with one attached hydrogen (secondary N) is 1. The van der Waals surface area contributed by atoms with E-state index in [1.165, 1.54) is 12.5 Å². The zero-order chi connectivity index (χ0) is 19.4. The molecular weight excluding hydrogens is 344 g/mol. The molecule has 0 radical (unpaired) electrons. The van der Waals surface area contributed by atoms with Crippen LogP contribution in [0.25, 0.3) is 0 Å². The van der Waals surface area contributed by atoms with Crippen molar-refractivity contribution in [1.82, 2.24) is 0 Å². The van der Waals surface area contributed by atoms with Crippen LogP contribution in [0.15, 0.2) is 42.5 Å². The Morgan fingerprint density at radius 3 is 2.44 bits per heavy atom. The second-order valence-electron chi connectivity index (χ2n) is 6.78. The van der Waals surface area contributed by atoms with Crippen molar-refractivity contribution in [3.63, 3.8) is 0 Å². The molecule has 6 nitrogen and oxygen atoms in total. The van der Waals surface area contributed by atoms with Crippen LogP contribution >= 0.6 is 0 Å². The Bertz CT molecular complexity index is 831. The molecule has 0 aliphatic carbocycles. The van der Waals surface area contributed by atoms with E-state index in [-0.39, 0.29) is 25.0 Å². The molecular formula is C21H24N2O4. The first-order valence-corrected chi connectivity index (χ1v) is 9.01. The van der Waals surface area contributed by atoms with Crippen molar-refractivity contribution in [2.75, 3.05) is 23.6 Å². The lowest BCUT2D eigenvalue weighted by Crippen LogP contribution is -2.31. The third-order valence-corrected chi connectivity index (χ3v) is 4.47. The standard InChI is InChI=1S/C21H24N2O4/c1-14(2)16-4-7-18(8-5-16)23(15(3)24)11-10-21(25)22-17-6-9-19-20(12-17)27-13-26-19/h4-9,12,14H,10-11,13H2,1-3H3,(H,22,25). The van der Waals surface area contributed by atoms with Crippen LogP contribution in [0.3, 0.4) is 0 Å². The summed E-state index contributed by atoms with van der Waals surface area (Å²) in [5.41, 5.74) is 2.64. The van der Waals surface area contributed by atoms with Gasteiger partial charge in [-0.25, -0.2) is 0 Å². The summed E-state index contributed by atoms with van der Waals surface area (Å²) in [5, 5.41) is 2.83. The summed E-state index contributed by atoms with van der Waals surface area (Å²) in [6, 6.07) is 13.1. The molecule has 0 fully saturated rings. The Labute approximate surface area is 159 Å². The van der Waals surface area contributed by atoms with Gasteiger partial charge in [-0.1, -0.05) is 26.0 Å². The summed E-state index contributed by atoms with van der Waals surface area (Å²) in [7, 11) is 0. The number of carbonyl (C=O) groups is 2. The largest absolute Gasteiger partial charge is 0.454 e. The number of fused-ring (bicyclic) bond motifs is 1. The number of ether oxygens (including phenoxy) is 2. The Kier molecular flexibility index (Phi) is 5.64. The predicted molar refractivity (Wildman–Crippen MR) is 104 cm³/mol. The highest BCUT2D eigenvalue weighted by Crippen LogP contribution is 2.34. The van der Waals surface area contributed by atoms with Gasteiger partial charge in [-0.15, -0.1) is 0 Å². The van der Waals surface area contributed by atoms with E-state index in [9.17, 15) is 9.59 Å². The quantitative estimate of drug-likeness (QED) is 0.839. The van der Waals surface area contributed by atoms with Crippen LogP contribution in [-0.4, -0.2) is 25.2 Å². The van der Waals surface area contributed by atoms with E-state index in [0.29, 0.717) is 29.6 Å². The van der Waals surface area contributed by atoms with E-state index in [1.807, 2.05) is 24.3 Å². The normalized spacial score (nSPS) is 12.1. The predicted octanol–water partition coefficient (Wildman–Crippen LogP) is 3.92. The Morgan fingerprint density at radius 2 is 1.78 bits per heavy atom. The molecule has 0 atom stereocenters. The number of carbonyl (C=O) groups excluding carboxylic acids is 2. The van der Waals surface area contributed by atoms with E-state index in [4.69, 9.17) is 9.47 Å². The minimum atomic E-state index is -0.168. The van der Waals surface area contributed by atoms with Crippen molar-refractivity contribution >= 4 is 23.2 Å². The molecule has 2 amide bonds. The third-order valence-electron chi connectivity index (χ3n) is 4.47.